The largest absolute Gasteiger partial charge is 0.312 e. The molecular formula is C18H23N5O3. The van der Waals surface area contributed by atoms with E-state index in [2.05, 4.69) is 29.5 Å². The highest BCUT2D eigenvalue weighted by Gasteiger charge is 2.26. The zero-order valence-electron chi connectivity index (χ0n) is 15.6. The summed E-state index contributed by atoms with van der Waals surface area (Å²) in [4.78, 5) is 22.8. The fourth-order valence-corrected chi connectivity index (χ4v) is 2.64. The highest BCUT2D eigenvalue weighted by Crippen LogP contribution is 2.24. The van der Waals surface area contributed by atoms with Gasteiger partial charge in [0.15, 0.2) is 0 Å². The molecule has 1 unspecified atom stereocenters. The van der Waals surface area contributed by atoms with Crippen LogP contribution in [0.3, 0.4) is 0 Å². The van der Waals surface area contributed by atoms with E-state index in [1.54, 1.807) is 27.0 Å². The molecule has 0 saturated heterocycles. The van der Waals surface area contributed by atoms with Crippen molar-refractivity contribution in [1.29, 1.82) is 0 Å². The van der Waals surface area contributed by atoms with Crippen molar-refractivity contribution in [1.82, 2.24) is 15.2 Å². The van der Waals surface area contributed by atoms with E-state index in [1.807, 2.05) is 24.3 Å². The zero-order valence-corrected chi connectivity index (χ0v) is 15.6. The van der Waals surface area contributed by atoms with Crippen molar-refractivity contribution in [3.05, 3.63) is 56.9 Å². The third kappa shape index (κ3) is 4.14. The Bertz CT molecular complexity index is 837. The van der Waals surface area contributed by atoms with Crippen LogP contribution in [0, 0.1) is 24.0 Å². The predicted octanol–water partition coefficient (Wildman–Crippen LogP) is 3.24. The standard InChI is InChI=1S/C18H23N5O3/c1-11(2)16-8-6-15(7-9-16)10-19-20-18(24)14(5)22-13(4)17(23(25)26)12(3)21-22/h6-11,14H,1-5H3,(H,20,24)/b19-10+. The van der Waals surface area contributed by atoms with Crippen molar-refractivity contribution in [2.45, 2.75) is 46.6 Å². The molecule has 0 aliphatic heterocycles. The van der Waals surface area contributed by atoms with Gasteiger partial charge in [-0.05, 0) is 37.8 Å². The number of nitrogens with zero attached hydrogens (tertiary/aromatic N) is 4. The zero-order chi connectivity index (χ0) is 19.4. The Hall–Kier alpha value is -3.03. The van der Waals surface area contributed by atoms with Gasteiger partial charge in [0.05, 0.1) is 11.1 Å². The average Bonchev–Trinajstić information content (AvgIpc) is 2.89. The first-order valence-corrected chi connectivity index (χ1v) is 8.35. The Kier molecular flexibility index (Phi) is 5.86. The second kappa shape index (κ2) is 7.90. The van der Waals surface area contributed by atoms with Gasteiger partial charge < -0.3 is 0 Å². The van der Waals surface area contributed by atoms with Gasteiger partial charge in [0.1, 0.15) is 17.4 Å². The van der Waals surface area contributed by atoms with Gasteiger partial charge in [0.25, 0.3) is 5.91 Å². The van der Waals surface area contributed by atoms with Crippen LogP contribution in [0.15, 0.2) is 29.4 Å². The molecule has 0 fully saturated rings. The minimum Gasteiger partial charge on any atom is -0.271 e. The molecule has 1 heterocycles. The number of aryl methyl sites for hydroxylation is 1. The maximum Gasteiger partial charge on any atom is 0.312 e. The number of hydrogen-bond acceptors (Lipinski definition) is 5. The van der Waals surface area contributed by atoms with Crippen LogP contribution in [0.4, 0.5) is 5.69 Å². The number of benzene rings is 1. The number of carbonyl (C=O) groups excluding carboxylic acids is 1. The van der Waals surface area contributed by atoms with Gasteiger partial charge in [-0.1, -0.05) is 38.1 Å². The molecule has 1 N–H and O–H groups in total. The third-order valence-corrected chi connectivity index (χ3v) is 4.21. The Morgan fingerprint density at radius 2 is 1.88 bits per heavy atom. The molecule has 8 nitrogen and oxygen atoms in total. The Morgan fingerprint density at radius 3 is 2.38 bits per heavy atom. The lowest BCUT2D eigenvalue weighted by Crippen LogP contribution is -2.28. The van der Waals surface area contributed by atoms with Gasteiger partial charge in [-0.25, -0.2) is 5.43 Å². The number of nitro groups is 1. The molecule has 1 amide bonds. The smallest absolute Gasteiger partial charge is 0.271 e. The van der Waals surface area contributed by atoms with Gasteiger partial charge in [-0.2, -0.15) is 10.2 Å². The summed E-state index contributed by atoms with van der Waals surface area (Å²) in [5.41, 5.74) is 5.09. The number of nitrogens with one attached hydrogen (secondary N) is 1. The van der Waals surface area contributed by atoms with Gasteiger partial charge >= 0.3 is 5.69 Å². The van der Waals surface area contributed by atoms with E-state index >= 15 is 0 Å². The van der Waals surface area contributed by atoms with E-state index in [-0.39, 0.29) is 11.4 Å². The number of hydrogen-bond donors (Lipinski definition) is 1. The number of hydrazone groups is 1. The molecular weight excluding hydrogens is 334 g/mol. The van der Waals surface area contributed by atoms with E-state index in [0.717, 1.165) is 5.56 Å². The van der Waals surface area contributed by atoms with Crippen molar-refractivity contribution < 1.29 is 9.72 Å². The second-order valence-corrected chi connectivity index (χ2v) is 6.45. The Morgan fingerprint density at radius 1 is 1.27 bits per heavy atom. The van der Waals surface area contributed by atoms with Crippen molar-refractivity contribution >= 4 is 17.8 Å². The van der Waals surface area contributed by atoms with E-state index in [4.69, 9.17) is 0 Å². The summed E-state index contributed by atoms with van der Waals surface area (Å²) >= 11 is 0. The number of amides is 1. The average molecular weight is 357 g/mol. The SMILES string of the molecule is Cc1nn(C(C)C(=O)N/N=C/c2ccc(C(C)C)cc2)c(C)c1[N+](=O)[O-]. The molecule has 1 aromatic heterocycles. The summed E-state index contributed by atoms with van der Waals surface area (Å²) in [6, 6.07) is 7.18. The van der Waals surface area contributed by atoms with Crippen LogP contribution in [-0.4, -0.2) is 26.8 Å². The monoisotopic (exact) mass is 357 g/mol. The fraction of sp³-hybridized carbons (Fsp3) is 0.389. The lowest BCUT2D eigenvalue weighted by Gasteiger charge is -2.11. The first kappa shape index (κ1) is 19.3. The fourth-order valence-electron chi connectivity index (χ4n) is 2.64. The number of aromatic nitrogens is 2. The van der Waals surface area contributed by atoms with E-state index in [9.17, 15) is 14.9 Å². The molecule has 1 atom stereocenters. The molecule has 0 spiro atoms. The summed E-state index contributed by atoms with van der Waals surface area (Å²) < 4.78 is 1.34. The molecule has 0 bridgehead atoms. The molecule has 0 aliphatic rings. The second-order valence-electron chi connectivity index (χ2n) is 6.45. The summed E-state index contributed by atoms with van der Waals surface area (Å²) in [6.07, 6.45) is 1.55. The quantitative estimate of drug-likeness (QED) is 0.487. The van der Waals surface area contributed by atoms with Gasteiger partial charge in [-0.3, -0.25) is 19.6 Å². The van der Waals surface area contributed by atoms with Crippen LogP contribution in [0.5, 0.6) is 0 Å². The van der Waals surface area contributed by atoms with E-state index < -0.39 is 16.9 Å². The summed E-state index contributed by atoms with van der Waals surface area (Å²) in [5, 5.41) is 19.1. The summed E-state index contributed by atoms with van der Waals surface area (Å²) in [6.45, 7) is 8.97. The topological polar surface area (TPSA) is 102 Å². The molecule has 8 heteroatoms. The molecule has 2 aromatic rings. The van der Waals surface area contributed by atoms with E-state index in [0.29, 0.717) is 11.6 Å². The number of rotatable bonds is 6. The molecule has 138 valence electrons. The predicted molar refractivity (Wildman–Crippen MR) is 99.3 cm³/mol. The Balaban J connectivity index is 2.05. The summed E-state index contributed by atoms with van der Waals surface area (Å²) in [7, 11) is 0. The normalized spacial score (nSPS) is 12.5. The van der Waals surface area contributed by atoms with Gasteiger partial charge in [0.2, 0.25) is 0 Å². The third-order valence-electron chi connectivity index (χ3n) is 4.21. The van der Waals surface area contributed by atoms with Crippen molar-refractivity contribution in [3.63, 3.8) is 0 Å². The van der Waals surface area contributed by atoms with Crippen molar-refractivity contribution in [2.24, 2.45) is 5.10 Å². The van der Waals surface area contributed by atoms with Crippen LogP contribution < -0.4 is 5.43 Å². The lowest BCUT2D eigenvalue weighted by atomic mass is 10.0. The van der Waals surface area contributed by atoms with Crippen LogP contribution in [0.1, 0.15) is 55.2 Å². The number of carbonyl (C=O) groups is 1. The lowest BCUT2D eigenvalue weighted by molar-refractivity contribution is -0.386. The maximum absolute atomic E-state index is 12.3. The Labute approximate surface area is 152 Å². The molecule has 1 aromatic carbocycles. The van der Waals surface area contributed by atoms with Crippen LogP contribution in [-0.2, 0) is 4.79 Å². The highest BCUT2D eigenvalue weighted by molar-refractivity contribution is 5.84. The minimum absolute atomic E-state index is 0.0709. The molecule has 0 aliphatic carbocycles. The molecule has 2 rings (SSSR count). The molecule has 0 radical (unpaired) electrons. The molecule has 0 saturated carbocycles. The first-order chi connectivity index (χ1) is 12.2. The van der Waals surface area contributed by atoms with Crippen LogP contribution >= 0.6 is 0 Å². The highest BCUT2D eigenvalue weighted by atomic mass is 16.6. The first-order valence-electron chi connectivity index (χ1n) is 8.35. The van der Waals surface area contributed by atoms with E-state index in [1.165, 1.54) is 10.2 Å². The van der Waals surface area contributed by atoms with Crippen molar-refractivity contribution in [3.8, 4) is 0 Å². The van der Waals surface area contributed by atoms with Crippen molar-refractivity contribution in [2.75, 3.05) is 0 Å². The minimum atomic E-state index is -0.720. The van der Waals surface area contributed by atoms with Gasteiger partial charge in [-0.15, -0.1) is 0 Å². The maximum atomic E-state index is 12.3. The van der Waals surface area contributed by atoms with Crippen LogP contribution in [0.25, 0.3) is 0 Å². The summed E-state index contributed by atoms with van der Waals surface area (Å²) in [5.74, 6) is 0.0481. The van der Waals surface area contributed by atoms with Gasteiger partial charge in [0, 0.05) is 0 Å². The molecule has 26 heavy (non-hydrogen) atoms. The van der Waals surface area contributed by atoms with Crippen LogP contribution in [0.2, 0.25) is 0 Å².